The number of rotatable bonds is 3. The van der Waals surface area contributed by atoms with Crippen LogP contribution in [-0.2, 0) is 11.5 Å². The summed E-state index contributed by atoms with van der Waals surface area (Å²) in [6, 6.07) is 1.40. The van der Waals surface area contributed by atoms with Crippen molar-refractivity contribution in [2.75, 3.05) is 12.4 Å². The summed E-state index contributed by atoms with van der Waals surface area (Å²) in [6.45, 7) is 0. The van der Waals surface area contributed by atoms with Crippen LogP contribution in [0.2, 0.25) is 0 Å². The molecule has 0 spiro atoms. The van der Waals surface area contributed by atoms with Crippen LogP contribution in [0, 0.1) is 0 Å². The number of hydrogen-bond acceptors (Lipinski definition) is 7. The van der Waals surface area contributed by atoms with Gasteiger partial charge in [0.25, 0.3) is 11.8 Å². The van der Waals surface area contributed by atoms with E-state index < -0.39 is 5.91 Å². The number of fused-ring (bicyclic) bond motifs is 1. The van der Waals surface area contributed by atoms with E-state index in [1.807, 2.05) is 0 Å². The summed E-state index contributed by atoms with van der Waals surface area (Å²) in [5.74, 6) is 1.83. The van der Waals surface area contributed by atoms with Crippen molar-refractivity contribution in [3.05, 3.63) is 23.1 Å². The molecule has 1 amide bonds. The maximum absolute atomic E-state index is 11.8. The minimum Gasteiger partial charge on any atom is -0.479 e. The molecule has 0 fully saturated rings. The number of ether oxygens (including phenoxy) is 1. The Kier molecular flexibility index (Phi) is 2.71. The first kappa shape index (κ1) is 11.1. The zero-order valence-corrected chi connectivity index (χ0v) is 10.2. The summed E-state index contributed by atoms with van der Waals surface area (Å²) in [5.41, 5.74) is 1.81. The van der Waals surface area contributed by atoms with E-state index in [9.17, 15) is 4.79 Å². The Hall–Kier alpha value is -1.96. The monoisotopic (exact) mass is 267 g/mol. The Bertz CT molecular complexity index is 592. The van der Waals surface area contributed by atoms with Crippen LogP contribution in [0.25, 0.3) is 0 Å². The largest absolute Gasteiger partial charge is 0.479 e. The normalized spacial score (nSPS) is 13.4. The summed E-state index contributed by atoms with van der Waals surface area (Å²) >= 11 is 1.72. The molecule has 1 N–H and O–H groups in total. The Morgan fingerprint density at radius 1 is 1.44 bits per heavy atom. The Labute approximate surface area is 106 Å². The molecular formula is C10H9N3O4S. The number of aromatic nitrogens is 2. The van der Waals surface area contributed by atoms with Gasteiger partial charge in [-0.2, -0.15) is 11.8 Å². The molecule has 2 aromatic rings. The average molecular weight is 267 g/mol. The highest BCUT2D eigenvalue weighted by molar-refractivity contribution is 7.98. The molecule has 18 heavy (non-hydrogen) atoms. The van der Waals surface area contributed by atoms with E-state index in [1.54, 1.807) is 11.8 Å². The van der Waals surface area contributed by atoms with Crippen molar-refractivity contribution >= 4 is 23.6 Å². The van der Waals surface area contributed by atoms with Gasteiger partial charge in [-0.15, -0.1) is 0 Å². The van der Waals surface area contributed by atoms with Crippen LogP contribution in [0.1, 0.15) is 21.8 Å². The fourth-order valence-corrected chi connectivity index (χ4v) is 2.60. The summed E-state index contributed by atoms with van der Waals surface area (Å²) in [7, 11) is 1.44. The lowest BCUT2D eigenvalue weighted by Gasteiger charge is -1.98. The minimum absolute atomic E-state index is 0.0580. The molecule has 0 atom stereocenters. The number of nitrogens with one attached hydrogen (secondary N) is 1. The van der Waals surface area contributed by atoms with E-state index in [4.69, 9.17) is 13.8 Å². The van der Waals surface area contributed by atoms with Gasteiger partial charge in [0.05, 0.1) is 24.4 Å². The average Bonchev–Trinajstić information content (AvgIpc) is 3.05. The zero-order chi connectivity index (χ0) is 12.5. The molecule has 0 bridgehead atoms. The van der Waals surface area contributed by atoms with Crippen LogP contribution in [0.3, 0.4) is 0 Å². The fraction of sp³-hybridized carbons (Fsp3) is 0.300. The number of carbonyl (C=O) groups is 1. The Morgan fingerprint density at radius 3 is 3.11 bits per heavy atom. The van der Waals surface area contributed by atoms with Gasteiger partial charge in [-0.3, -0.25) is 10.1 Å². The smallest absolute Gasteiger partial charge is 0.296 e. The van der Waals surface area contributed by atoms with Crippen LogP contribution in [0.4, 0.5) is 5.88 Å². The predicted molar refractivity (Wildman–Crippen MR) is 62.5 cm³/mol. The molecule has 8 heteroatoms. The molecule has 3 rings (SSSR count). The molecular weight excluding hydrogens is 258 g/mol. The van der Waals surface area contributed by atoms with Crippen molar-refractivity contribution in [1.29, 1.82) is 0 Å². The van der Waals surface area contributed by atoms with E-state index in [2.05, 4.69) is 15.6 Å². The van der Waals surface area contributed by atoms with Crippen LogP contribution in [0.15, 0.2) is 15.1 Å². The van der Waals surface area contributed by atoms with Gasteiger partial charge in [0, 0.05) is 11.5 Å². The lowest BCUT2D eigenvalue weighted by Crippen LogP contribution is -2.11. The first-order valence-electron chi connectivity index (χ1n) is 5.15. The van der Waals surface area contributed by atoms with E-state index >= 15 is 0 Å². The second kappa shape index (κ2) is 4.37. The molecule has 3 heterocycles. The van der Waals surface area contributed by atoms with Crippen molar-refractivity contribution in [2.24, 2.45) is 0 Å². The van der Waals surface area contributed by atoms with Gasteiger partial charge < -0.3 is 13.8 Å². The first-order valence-corrected chi connectivity index (χ1v) is 6.30. The van der Waals surface area contributed by atoms with Crippen molar-refractivity contribution in [3.8, 4) is 5.88 Å². The quantitative estimate of drug-likeness (QED) is 0.904. The molecule has 2 aromatic heterocycles. The van der Waals surface area contributed by atoms with Crippen LogP contribution < -0.4 is 10.1 Å². The lowest BCUT2D eigenvalue weighted by molar-refractivity contribution is 0.0984. The number of anilines is 1. The molecule has 1 aliphatic heterocycles. The number of amides is 1. The van der Waals surface area contributed by atoms with E-state index in [-0.39, 0.29) is 11.6 Å². The van der Waals surface area contributed by atoms with Crippen molar-refractivity contribution in [1.82, 2.24) is 10.3 Å². The summed E-state index contributed by atoms with van der Waals surface area (Å²) in [4.78, 5) is 11.8. The number of methoxy groups -OCH3 is 1. The lowest BCUT2D eigenvalue weighted by atomic mass is 10.3. The van der Waals surface area contributed by atoms with Crippen molar-refractivity contribution < 1.29 is 18.6 Å². The van der Waals surface area contributed by atoms with Crippen LogP contribution >= 0.6 is 11.8 Å². The topological polar surface area (TPSA) is 90.4 Å². The highest BCUT2D eigenvalue weighted by Gasteiger charge is 2.24. The minimum atomic E-state index is -0.443. The van der Waals surface area contributed by atoms with Gasteiger partial charge in [0.1, 0.15) is 0 Å². The van der Waals surface area contributed by atoms with Crippen LogP contribution in [-0.4, -0.2) is 23.3 Å². The maximum atomic E-state index is 11.8. The summed E-state index contributed by atoms with van der Waals surface area (Å²) < 4.78 is 14.7. The molecule has 0 saturated carbocycles. The molecule has 1 aliphatic rings. The molecule has 94 valence electrons. The van der Waals surface area contributed by atoms with Gasteiger partial charge >= 0.3 is 0 Å². The van der Waals surface area contributed by atoms with Gasteiger partial charge in [0.15, 0.2) is 0 Å². The van der Waals surface area contributed by atoms with Crippen molar-refractivity contribution in [2.45, 2.75) is 11.5 Å². The fourth-order valence-electron chi connectivity index (χ4n) is 1.58. The number of nitrogens with zero attached hydrogens (tertiary/aromatic N) is 2. The van der Waals surface area contributed by atoms with Gasteiger partial charge in [-0.1, -0.05) is 5.16 Å². The molecule has 0 radical (unpaired) electrons. The predicted octanol–water partition coefficient (Wildman–Crippen LogP) is 1.67. The highest BCUT2D eigenvalue weighted by Crippen LogP contribution is 2.34. The Balaban J connectivity index is 1.77. The van der Waals surface area contributed by atoms with Gasteiger partial charge in [-0.25, -0.2) is 0 Å². The highest BCUT2D eigenvalue weighted by atomic mass is 32.2. The SMILES string of the molecule is COc1cc(C(=O)Nc2onc3c2CSC3)on1. The standard InChI is InChI=1S/C10H9N3O4S/c1-15-8-2-7(16-13-8)9(14)11-10-5-3-18-4-6(5)12-17-10/h2H,3-4H2,1H3,(H,11,14). The summed E-state index contributed by atoms with van der Waals surface area (Å²) in [6.07, 6.45) is 0. The molecule has 0 saturated heterocycles. The van der Waals surface area contributed by atoms with Crippen LogP contribution in [0.5, 0.6) is 5.88 Å². The van der Waals surface area contributed by atoms with E-state index in [0.717, 1.165) is 22.8 Å². The van der Waals surface area contributed by atoms with E-state index in [0.29, 0.717) is 5.88 Å². The Morgan fingerprint density at radius 2 is 2.33 bits per heavy atom. The molecule has 0 aliphatic carbocycles. The third kappa shape index (κ3) is 1.84. The second-order valence-electron chi connectivity index (χ2n) is 3.62. The number of hydrogen-bond donors (Lipinski definition) is 1. The third-order valence-corrected chi connectivity index (χ3v) is 3.47. The van der Waals surface area contributed by atoms with Gasteiger partial charge in [-0.05, 0) is 5.16 Å². The number of thioether (sulfide) groups is 1. The first-order chi connectivity index (χ1) is 8.78. The van der Waals surface area contributed by atoms with E-state index in [1.165, 1.54) is 13.2 Å². The van der Waals surface area contributed by atoms with Crippen molar-refractivity contribution in [3.63, 3.8) is 0 Å². The molecule has 0 unspecified atom stereocenters. The summed E-state index contributed by atoms with van der Waals surface area (Å²) in [5, 5.41) is 10.0. The molecule has 7 nitrogen and oxygen atoms in total. The number of carbonyl (C=O) groups excluding carboxylic acids is 1. The zero-order valence-electron chi connectivity index (χ0n) is 9.43. The van der Waals surface area contributed by atoms with Gasteiger partial charge in [0.2, 0.25) is 11.6 Å². The maximum Gasteiger partial charge on any atom is 0.296 e. The third-order valence-electron chi connectivity index (χ3n) is 2.50. The second-order valence-corrected chi connectivity index (χ2v) is 4.60. The molecule has 0 aromatic carbocycles.